The quantitative estimate of drug-likeness (QED) is 0.684. The maximum Gasteiger partial charge on any atom is 0.0607 e. The Bertz CT molecular complexity index is 133. The molecule has 0 spiro atoms. The van der Waals surface area contributed by atoms with E-state index in [9.17, 15) is 5.11 Å². The molecule has 0 radical (unpaired) electrons. The Morgan fingerprint density at radius 1 is 1.00 bits per heavy atom. The van der Waals surface area contributed by atoms with Gasteiger partial charge in [-0.3, -0.25) is 0 Å². The van der Waals surface area contributed by atoms with Gasteiger partial charge < -0.3 is 5.11 Å². The Balaban J connectivity index is 4.18. The highest BCUT2D eigenvalue weighted by Crippen LogP contribution is 2.33. The second-order valence-corrected chi connectivity index (χ2v) is 7.01. The van der Waals surface area contributed by atoms with Crippen LogP contribution in [0.5, 0.6) is 0 Å². The van der Waals surface area contributed by atoms with Crippen LogP contribution in [0.1, 0.15) is 34.6 Å². The lowest BCUT2D eigenvalue weighted by atomic mass is 9.96. The zero-order chi connectivity index (χ0) is 11.1. The van der Waals surface area contributed by atoms with Gasteiger partial charge in [0.1, 0.15) is 0 Å². The third-order valence-electron chi connectivity index (χ3n) is 2.31. The molecule has 86 valence electrons. The van der Waals surface area contributed by atoms with Crippen molar-refractivity contribution in [2.75, 3.05) is 11.5 Å². The lowest BCUT2D eigenvalue weighted by molar-refractivity contribution is 0.0791. The van der Waals surface area contributed by atoms with Gasteiger partial charge in [0.05, 0.1) is 10.7 Å². The Kier molecular flexibility index (Phi) is 8.26. The lowest BCUT2D eigenvalue weighted by Gasteiger charge is -2.29. The number of hydrogen-bond donors (Lipinski definition) is 1. The van der Waals surface area contributed by atoms with Crippen LogP contribution in [0.2, 0.25) is 0 Å². The van der Waals surface area contributed by atoms with Gasteiger partial charge >= 0.3 is 0 Å². The Morgan fingerprint density at radius 3 is 1.71 bits per heavy atom. The molecule has 1 nitrogen and oxygen atoms in total. The Labute approximate surface area is 97.4 Å². The molecule has 0 aromatic rings. The number of aliphatic hydroxyl groups excluding tert-OH is 1. The molecule has 2 atom stereocenters. The van der Waals surface area contributed by atoms with Crippen molar-refractivity contribution in [1.29, 1.82) is 0 Å². The number of rotatable bonds is 7. The molecular weight excluding hydrogens is 212 g/mol. The van der Waals surface area contributed by atoms with Gasteiger partial charge in [-0.2, -0.15) is 0 Å². The minimum atomic E-state index is -0.168. The zero-order valence-corrected chi connectivity index (χ0v) is 11.6. The number of hydrogen-bond acceptors (Lipinski definition) is 3. The molecular formula is C11H24OS2. The van der Waals surface area contributed by atoms with Crippen LogP contribution in [0.4, 0.5) is 0 Å². The van der Waals surface area contributed by atoms with E-state index in [0.29, 0.717) is 16.4 Å². The molecule has 0 saturated heterocycles. The van der Waals surface area contributed by atoms with Crippen LogP contribution < -0.4 is 0 Å². The molecule has 0 aliphatic rings. The Hall–Kier alpha value is 0.660. The molecule has 0 fully saturated rings. The van der Waals surface area contributed by atoms with Gasteiger partial charge in [0.2, 0.25) is 0 Å². The van der Waals surface area contributed by atoms with Crippen LogP contribution in [0, 0.1) is 11.8 Å². The molecule has 0 unspecified atom stereocenters. The topological polar surface area (TPSA) is 20.2 Å². The first-order valence-electron chi connectivity index (χ1n) is 5.45. The van der Waals surface area contributed by atoms with E-state index in [4.69, 9.17) is 0 Å². The average Bonchev–Trinajstić information content (AvgIpc) is 2.15. The molecule has 0 aliphatic carbocycles. The molecule has 0 aromatic heterocycles. The van der Waals surface area contributed by atoms with Crippen molar-refractivity contribution in [3.8, 4) is 0 Å². The maximum atomic E-state index is 9.99. The SMILES string of the molecule is CCSC(SCC)[C@H](C)[C@H](O)C(C)C. The minimum Gasteiger partial charge on any atom is -0.393 e. The van der Waals surface area contributed by atoms with Crippen LogP contribution in [-0.4, -0.2) is 27.3 Å². The molecule has 0 aliphatic heterocycles. The van der Waals surface area contributed by atoms with Crippen LogP contribution in [0.15, 0.2) is 0 Å². The van der Waals surface area contributed by atoms with Gasteiger partial charge in [-0.25, -0.2) is 0 Å². The lowest BCUT2D eigenvalue weighted by Crippen LogP contribution is -2.30. The van der Waals surface area contributed by atoms with E-state index < -0.39 is 0 Å². The zero-order valence-electron chi connectivity index (χ0n) is 9.99. The summed E-state index contributed by atoms with van der Waals surface area (Å²) in [6, 6.07) is 0. The fraction of sp³-hybridized carbons (Fsp3) is 1.00. The van der Waals surface area contributed by atoms with Crippen molar-refractivity contribution >= 4 is 23.5 Å². The molecule has 0 amide bonds. The number of thioether (sulfide) groups is 2. The summed E-state index contributed by atoms with van der Waals surface area (Å²) >= 11 is 3.92. The van der Waals surface area contributed by atoms with E-state index >= 15 is 0 Å². The van der Waals surface area contributed by atoms with Crippen LogP contribution >= 0.6 is 23.5 Å². The third kappa shape index (κ3) is 4.94. The van der Waals surface area contributed by atoms with Crippen molar-refractivity contribution in [1.82, 2.24) is 0 Å². The van der Waals surface area contributed by atoms with E-state index in [1.165, 1.54) is 0 Å². The molecule has 0 saturated carbocycles. The van der Waals surface area contributed by atoms with E-state index in [2.05, 4.69) is 34.6 Å². The van der Waals surface area contributed by atoms with Crippen LogP contribution in [0.3, 0.4) is 0 Å². The van der Waals surface area contributed by atoms with Crippen LogP contribution in [0.25, 0.3) is 0 Å². The molecule has 0 aromatic carbocycles. The first kappa shape index (κ1) is 14.7. The summed E-state index contributed by atoms with van der Waals surface area (Å²) in [5, 5.41) is 9.99. The predicted octanol–water partition coefficient (Wildman–Crippen LogP) is 3.47. The van der Waals surface area contributed by atoms with E-state index in [1.54, 1.807) is 0 Å². The van der Waals surface area contributed by atoms with Gasteiger partial charge in [0, 0.05) is 5.92 Å². The van der Waals surface area contributed by atoms with Crippen molar-refractivity contribution < 1.29 is 5.11 Å². The Morgan fingerprint density at radius 2 is 1.43 bits per heavy atom. The highest BCUT2D eigenvalue weighted by atomic mass is 32.2. The minimum absolute atomic E-state index is 0.168. The summed E-state index contributed by atoms with van der Waals surface area (Å²) in [5.74, 6) is 3.01. The normalized spacial score (nSPS) is 16.3. The summed E-state index contributed by atoms with van der Waals surface area (Å²) in [4.78, 5) is 0. The maximum absolute atomic E-state index is 9.99. The van der Waals surface area contributed by atoms with Crippen molar-refractivity contribution in [3.05, 3.63) is 0 Å². The summed E-state index contributed by atoms with van der Waals surface area (Å²) in [7, 11) is 0. The van der Waals surface area contributed by atoms with E-state index in [-0.39, 0.29) is 6.10 Å². The van der Waals surface area contributed by atoms with Crippen molar-refractivity contribution in [2.45, 2.75) is 45.3 Å². The standard InChI is InChI=1S/C11H24OS2/c1-6-13-11(14-7-2)9(5)10(12)8(3)4/h8-12H,6-7H2,1-5H3/t9-,10-/m1/s1. The highest BCUT2D eigenvalue weighted by molar-refractivity contribution is 8.17. The van der Waals surface area contributed by atoms with E-state index in [0.717, 1.165) is 11.5 Å². The van der Waals surface area contributed by atoms with Gasteiger partial charge in [-0.05, 0) is 17.4 Å². The third-order valence-corrected chi connectivity index (χ3v) is 5.31. The monoisotopic (exact) mass is 236 g/mol. The van der Waals surface area contributed by atoms with Gasteiger partial charge in [0.15, 0.2) is 0 Å². The van der Waals surface area contributed by atoms with Crippen molar-refractivity contribution in [2.24, 2.45) is 11.8 Å². The highest BCUT2D eigenvalue weighted by Gasteiger charge is 2.26. The average molecular weight is 236 g/mol. The smallest absolute Gasteiger partial charge is 0.0607 e. The molecule has 1 N–H and O–H groups in total. The second-order valence-electron chi connectivity index (χ2n) is 3.87. The van der Waals surface area contributed by atoms with E-state index in [1.807, 2.05) is 23.5 Å². The largest absolute Gasteiger partial charge is 0.393 e. The summed E-state index contributed by atoms with van der Waals surface area (Å²) in [6.45, 7) is 10.7. The first-order chi connectivity index (χ1) is 6.54. The van der Waals surface area contributed by atoms with Gasteiger partial charge in [-0.15, -0.1) is 23.5 Å². The molecule has 14 heavy (non-hydrogen) atoms. The van der Waals surface area contributed by atoms with Gasteiger partial charge in [-0.1, -0.05) is 34.6 Å². The predicted molar refractivity (Wildman–Crippen MR) is 70.1 cm³/mol. The molecule has 0 bridgehead atoms. The van der Waals surface area contributed by atoms with Gasteiger partial charge in [0.25, 0.3) is 0 Å². The molecule has 0 heterocycles. The van der Waals surface area contributed by atoms with Crippen molar-refractivity contribution in [3.63, 3.8) is 0 Å². The summed E-state index contributed by atoms with van der Waals surface area (Å²) < 4.78 is 0.544. The first-order valence-corrected chi connectivity index (χ1v) is 7.55. The summed E-state index contributed by atoms with van der Waals surface area (Å²) in [5.41, 5.74) is 0. The fourth-order valence-electron chi connectivity index (χ4n) is 1.45. The second kappa shape index (κ2) is 7.89. The number of aliphatic hydroxyl groups is 1. The fourth-order valence-corrected chi connectivity index (χ4v) is 4.24. The molecule has 3 heteroatoms. The van der Waals surface area contributed by atoms with Crippen LogP contribution in [-0.2, 0) is 0 Å². The molecule has 0 rings (SSSR count). The summed E-state index contributed by atoms with van der Waals surface area (Å²) in [6.07, 6.45) is -0.168.